The number of hydrogen-bond acceptors (Lipinski definition) is 6. The molecule has 3 heterocycles. The Morgan fingerprint density at radius 3 is 2.70 bits per heavy atom. The molecule has 1 aliphatic heterocycles. The molecule has 0 atom stereocenters. The summed E-state index contributed by atoms with van der Waals surface area (Å²) in [7, 11) is 0. The van der Waals surface area contributed by atoms with E-state index in [9.17, 15) is 4.79 Å². The zero-order valence-electron chi connectivity index (χ0n) is 14.7. The van der Waals surface area contributed by atoms with Crippen LogP contribution in [0.2, 0.25) is 0 Å². The maximum atomic E-state index is 12.5. The van der Waals surface area contributed by atoms with Gasteiger partial charge in [-0.15, -0.1) is 0 Å². The van der Waals surface area contributed by atoms with Gasteiger partial charge in [0.05, 0.1) is 6.54 Å². The first kappa shape index (κ1) is 17.9. The highest BCUT2D eigenvalue weighted by Gasteiger charge is 2.23. The molecule has 0 aliphatic carbocycles. The third-order valence-corrected chi connectivity index (χ3v) is 4.94. The van der Waals surface area contributed by atoms with Gasteiger partial charge in [-0.05, 0) is 46.6 Å². The summed E-state index contributed by atoms with van der Waals surface area (Å²) in [5.41, 5.74) is 0.911. The standard InChI is InChI=1S/C19H19BrN4O3/c20-16-8-7-15(26-16)19(25)24-10-4-9-23(11-12-24)13-17-21-18(27-22-17)14-5-2-1-3-6-14/h1-3,5-8H,4,9-13H2. The van der Waals surface area contributed by atoms with Crippen molar-refractivity contribution in [1.82, 2.24) is 19.9 Å². The third-order valence-electron chi connectivity index (χ3n) is 4.51. The molecule has 1 aliphatic rings. The fraction of sp³-hybridized carbons (Fsp3) is 0.316. The van der Waals surface area contributed by atoms with E-state index < -0.39 is 0 Å². The lowest BCUT2D eigenvalue weighted by molar-refractivity contribution is 0.0727. The van der Waals surface area contributed by atoms with Gasteiger partial charge in [0, 0.05) is 31.7 Å². The normalized spacial score (nSPS) is 15.7. The van der Waals surface area contributed by atoms with E-state index in [4.69, 9.17) is 8.94 Å². The summed E-state index contributed by atoms with van der Waals surface area (Å²) in [4.78, 5) is 21.1. The summed E-state index contributed by atoms with van der Waals surface area (Å²) in [5.74, 6) is 1.47. The van der Waals surface area contributed by atoms with Gasteiger partial charge >= 0.3 is 0 Å². The Kier molecular flexibility index (Phi) is 5.35. The number of benzene rings is 1. The van der Waals surface area contributed by atoms with E-state index in [1.165, 1.54) is 0 Å². The van der Waals surface area contributed by atoms with Crippen LogP contribution in [0.5, 0.6) is 0 Å². The lowest BCUT2D eigenvalue weighted by Crippen LogP contribution is -2.35. The lowest BCUT2D eigenvalue weighted by atomic mass is 10.2. The second-order valence-corrected chi connectivity index (χ2v) is 7.19. The molecule has 1 amide bonds. The van der Waals surface area contributed by atoms with Crippen LogP contribution in [0.25, 0.3) is 11.5 Å². The molecule has 0 N–H and O–H groups in total. The van der Waals surface area contributed by atoms with E-state index in [2.05, 4.69) is 31.0 Å². The van der Waals surface area contributed by atoms with Crippen molar-refractivity contribution >= 4 is 21.8 Å². The average Bonchev–Trinajstić information content (AvgIpc) is 3.27. The first-order valence-corrected chi connectivity index (χ1v) is 9.63. The van der Waals surface area contributed by atoms with Gasteiger partial charge < -0.3 is 13.8 Å². The zero-order valence-corrected chi connectivity index (χ0v) is 16.3. The van der Waals surface area contributed by atoms with Gasteiger partial charge in [0.15, 0.2) is 16.3 Å². The molecule has 3 aromatic rings. The summed E-state index contributed by atoms with van der Waals surface area (Å²) in [6.45, 7) is 3.57. The van der Waals surface area contributed by atoms with Gasteiger partial charge in [0.2, 0.25) is 0 Å². The summed E-state index contributed by atoms with van der Waals surface area (Å²) in [5, 5.41) is 4.09. The van der Waals surface area contributed by atoms with E-state index in [0.29, 0.717) is 41.8 Å². The Balaban J connectivity index is 1.36. The molecule has 0 radical (unpaired) electrons. The maximum Gasteiger partial charge on any atom is 0.289 e. The molecule has 7 nitrogen and oxygen atoms in total. The quantitative estimate of drug-likeness (QED) is 0.630. The zero-order chi connectivity index (χ0) is 18.6. The highest BCUT2D eigenvalue weighted by molar-refractivity contribution is 9.10. The van der Waals surface area contributed by atoms with E-state index in [0.717, 1.165) is 25.1 Å². The van der Waals surface area contributed by atoms with Crippen LogP contribution in [0.4, 0.5) is 0 Å². The van der Waals surface area contributed by atoms with Gasteiger partial charge in [0.1, 0.15) is 0 Å². The largest absolute Gasteiger partial charge is 0.444 e. The molecule has 0 bridgehead atoms. The van der Waals surface area contributed by atoms with Crippen molar-refractivity contribution in [2.45, 2.75) is 13.0 Å². The summed E-state index contributed by atoms with van der Waals surface area (Å²) >= 11 is 3.24. The van der Waals surface area contributed by atoms with Gasteiger partial charge in [-0.3, -0.25) is 9.69 Å². The molecule has 8 heteroatoms. The summed E-state index contributed by atoms with van der Waals surface area (Å²) in [6, 6.07) is 13.2. The minimum Gasteiger partial charge on any atom is -0.444 e. The second kappa shape index (κ2) is 8.06. The van der Waals surface area contributed by atoms with Gasteiger partial charge in [-0.25, -0.2) is 0 Å². The molecule has 4 rings (SSSR count). The number of rotatable bonds is 4. The molecule has 2 aromatic heterocycles. The molecule has 27 heavy (non-hydrogen) atoms. The minimum absolute atomic E-state index is 0.0755. The van der Waals surface area contributed by atoms with E-state index in [1.807, 2.05) is 35.2 Å². The van der Waals surface area contributed by atoms with Crippen LogP contribution >= 0.6 is 15.9 Å². The number of nitrogens with zero attached hydrogens (tertiary/aromatic N) is 4. The van der Waals surface area contributed by atoms with Crippen LogP contribution < -0.4 is 0 Å². The Morgan fingerprint density at radius 1 is 1.07 bits per heavy atom. The number of amides is 1. The number of halogens is 1. The first-order valence-electron chi connectivity index (χ1n) is 8.84. The number of hydrogen-bond donors (Lipinski definition) is 0. The smallest absolute Gasteiger partial charge is 0.289 e. The molecule has 0 spiro atoms. The average molecular weight is 431 g/mol. The molecule has 140 valence electrons. The monoisotopic (exact) mass is 430 g/mol. The van der Waals surface area contributed by atoms with Crippen LogP contribution in [0.1, 0.15) is 22.8 Å². The van der Waals surface area contributed by atoms with Crippen LogP contribution in [-0.2, 0) is 6.54 Å². The van der Waals surface area contributed by atoms with Gasteiger partial charge in [0.25, 0.3) is 11.8 Å². The van der Waals surface area contributed by atoms with Crippen molar-refractivity contribution < 1.29 is 13.7 Å². The van der Waals surface area contributed by atoms with Crippen LogP contribution in [0.3, 0.4) is 0 Å². The predicted molar refractivity (Wildman–Crippen MR) is 102 cm³/mol. The molecular weight excluding hydrogens is 412 g/mol. The van der Waals surface area contributed by atoms with E-state index >= 15 is 0 Å². The maximum absolute atomic E-state index is 12.5. The SMILES string of the molecule is O=C(c1ccc(Br)o1)N1CCCN(Cc2noc(-c3ccccc3)n2)CC1. The third kappa shape index (κ3) is 4.28. The highest BCUT2D eigenvalue weighted by Crippen LogP contribution is 2.19. The van der Waals surface area contributed by atoms with Crippen LogP contribution in [0.15, 0.2) is 56.1 Å². The van der Waals surface area contributed by atoms with Gasteiger partial charge in [-0.1, -0.05) is 23.4 Å². The minimum atomic E-state index is -0.0755. The van der Waals surface area contributed by atoms with Crippen molar-refractivity contribution in [1.29, 1.82) is 0 Å². The summed E-state index contributed by atoms with van der Waals surface area (Å²) in [6.07, 6.45) is 0.886. The summed E-state index contributed by atoms with van der Waals surface area (Å²) < 4.78 is 11.3. The van der Waals surface area contributed by atoms with Crippen molar-refractivity contribution in [3.05, 3.63) is 58.7 Å². The van der Waals surface area contributed by atoms with Gasteiger partial charge in [-0.2, -0.15) is 4.98 Å². The Labute approximate surface area is 165 Å². The van der Waals surface area contributed by atoms with Crippen molar-refractivity contribution in [3.63, 3.8) is 0 Å². The molecule has 1 aromatic carbocycles. The number of aromatic nitrogens is 2. The second-order valence-electron chi connectivity index (χ2n) is 6.41. The topological polar surface area (TPSA) is 75.6 Å². The Hall–Kier alpha value is -2.45. The van der Waals surface area contributed by atoms with Crippen molar-refractivity contribution in [2.75, 3.05) is 26.2 Å². The van der Waals surface area contributed by atoms with E-state index in [-0.39, 0.29) is 5.91 Å². The Bertz CT molecular complexity index is 909. The fourth-order valence-electron chi connectivity index (χ4n) is 3.13. The van der Waals surface area contributed by atoms with Crippen LogP contribution in [-0.4, -0.2) is 52.0 Å². The predicted octanol–water partition coefficient (Wildman–Crippen LogP) is 3.44. The van der Waals surface area contributed by atoms with E-state index in [1.54, 1.807) is 12.1 Å². The highest BCUT2D eigenvalue weighted by atomic mass is 79.9. The van der Waals surface area contributed by atoms with Crippen molar-refractivity contribution in [2.24, 2.45) is 0 Å². The molecule has 1 fully saturated rings. The fourth-order valence-corrected chi connectivity index (χ4v) is 3.44. The number of carbonyl (C=O) groups is 1. The molecular formula is C19H19BrN4O3. The lowest BCUT2D eigenvalue weighted by Gasteiger charge is -2.20. The molecule has 0 saturated carbocycles. The molecule has 0 unspecified atom stereocenters. The number of furan rings is 1. The number of carbonyl (C=O) groups excluding carboxylic acids is 1. The van der Waals surface area contributed by atoms with Crippen molar-refractivity contribution in [3.8, 4) is 11.5 Å². The molecule has 1 saturated heterocycles. The van der Waals surface area contributed by atoms with Crippen LogP contribution in [0, 0.1) is 0 Å². The Morgan fingerprint density at radius 2 is 1.93 bits per heavy atom. The first-order chi connectivity index (χ1) is 13.2.